The Bertz CT molecular complexity index is 473. The summed E-state index contributed by atoms with van der Waals surface area (Å²) in [5.41, 5.74) is 0. The van der Waals surface area contributed by atoms with Gasteiger partial charge in [-0.05, 0) is 25.7 Å². The summed E-state index contributed by atoms with van der Waals surface area (Å²) in [5.74, 6) is 1.82. The van der Waals surface area contributed by atoms with E-state index in [9.17, 15) is 8.42 Å². The number of sulfone groups is 1. The average molecular weight is 488 g/mol. The van der Waals surface area contributed by atoms with E-state index >= 15 is 0 Å². The molecule has 150 valence electrons. The lowest BCUT2D eigenvalue weighted by molar-refractivity contribution is 0.216. The van der Waals surface area contributed by atoms with Gasteiger partial charge in [-0.25, -0.2) is 8.42 Å². The number of piperidine rings is 1. The second kappa shape index (κ2) is 13.1. The first kappa shape index (κ1) is 24.9. The number of likely N-dealkylation sites (tertiary alicyclic amines) is 1. The summed E-state index contributed by atoms with van der Waals surface area (Å²) in [6.45, 7) is 10.8. The van der Waals surface area contributed by atoms with Crippen molar-refractivity contribution in [2.75, 3.05) is 44.7 Å². The molecule has 25 heavy (non-hydrogen) atoms. The lowest BCUT2D eigenvalue weighted by atomic mass is 10.0. The highest BCUT2D eigenvalue weighted by molar-refractivity contribution is 14.0. The molecule has 0 amide bonds. The number of guanidine groups is 1. The van der Waals surface area contributed by atoms with Gasteiger partial charge in [-0.15, -0.1) is 24.0 Å². The van der Waals surface area contributed by atoms with Crippen LogP contribution in [0.5, 0.6) is 0 Å². The zero-order valence-electron chi connectivity index (χ0n) is 16.3. The van der Waals surface area contributed by atoms with Crippen LogP contribution in [0.3, 0.4) is 0 Å². The summed E-state index contributed by atoms with van der Waals surface area (Å²) in [4.78, 5) is 6.98. The Morgan fingerprint density at radius 3 is 2.28 bits per heavy atom. The molecule has 1 fully saturated rings. The van der Waals surface area contributed by atoms with Crippen molar-refractivity contribution in [3.05, 3.63) is 0 Å². The van der Waals surface area contributed by atoms with Crippen LogP contribution in [0.2, 0.25) is 0 Å². The monoisotopic (exact) mass is 488 g/mol. The van der Waals surface area contributed by atoms with Gasteiger partial charge in [-0.3, -0.25) is 4.99 Å². The Labute approximate surface area is 171 Å². The van der Waals surface area contributed by atoms with Crippen LogP contribution in [0.15, 0.2) is 4.99 Å². The molecule has 1 aliphatic heterocycles. The van der Waals surface area contributed by atoms with Crippen molar-refractivity contribution in [1.82, 2.24) is 15.5 Å². The van der Waals surface area contributed by atoms with Crippen molar-refractivity contribution >= 4 is 39.8 Å². The van der Waals surface area contributed by atoms with E-state index in [-0.39, 0.29) is 29.7 Å². The van der Waals surface area contributed by atoms with E-state index in [0.29, 0.717) is 18.5 Å². The number of aliphatic imine (C=N–C) groups is 1. The van der Waals surface area contributed by atoms with Crippen LogP contribution in [0.4, 0.5) is 0 Å². The normalized spacial score (nSPS) is 17.4. The van der Waals surface area contributed by atoms with Gasteiger partial charge in [-0.2, -0.15) is 0 Å². The van der Waals surface area contributed by atoms with Gasteiger partial charge in [0.1, 0.15) is 9.84 Å². The molecule has 0 spiro atoms. The first-order valence-electron chi connectivity index (χ1n) is 9.32. The molecule has 0 bridgehead atoms. The minimum Gasteiger partial charge on any atom is -0.357 e. The molecule has 0 aliphatic carbocycles. The molecular formula is C17H37IN4O2S. The highest BCUT2D eigenvalue weighted by Gasteiger charge is 2.20. The van der Waals surface area contributed by atoms with Crippen LogP contribution >= 0.6 is 24.0 Å². The lowest BCUT2D eigenvalue weighted by Crippen LogP contribution is -2.49. The van der Waals surface area contributed by atoms with Crippen molar-refractivity contribution in [2.45, 2.75) is 52.5 Å². The van der Waals surface area contributed by atoms with Gasteiger partial charge in [0.05, 0.1) is 5.75 Å². The Balaban J connectivity index is 0.00000576. The van der Waals surface area contributed by atoms with Crippen LogP contribution < -0.4 is 10.6 Å². The number of nitrogens with zero attached hydrogens (tertiary/aromatic N) is 2. The third-order valence-corrected chi connectivity index (χ3v) is 5.64. The summed E-state index contributed by atoms with van der Waals surface area (Å²) in [6, 6.07) is 0.416. The fourth-order valence-electron chi connectivity index (χ4n) is 2.88. The van der Waals surface area contributed by atoms with Crippen LogP contribution in [-0.2, 0) is 9.84 Å². The first-order chi connectivity index (χ1) is 11.4. The van der Waals surface area contributed by atoms with Gasteiger partial charge >= 0.3 is 0 Å². The van der Waals surface area contributed by atoms with Gasteiger partial charge in [-0.1, -0.05) is 26.7 Å². The largest absolute Gasteiger partial charge is 0.357 e. The van der Waals surface area contributed by atoms with Crippen LogP contribution in [0, 0.1) is 5.92 Å². The fourth-order valence-corrected chi connectivity index (χ4v) is 3.47. The maximum absolute atomic E-state index is 11.3. The van der Waals surface area contributed by atoms with Gasteiger partial charge < -0.3 is 15.5 Å². The highest BCUT2D eigenvalue weighted by Crippen LogP contribution is 2.11. The molecule has 1 rings (SSSR count). The molecule has 1 heterocycles. The zero-order chi connectivity index (χ0) is 18.0. The van der Waals surface area contributed by atoms with Crippen molar-refractivity contribution in [2.24, 2.45) is 10.9 Å². The molecule has 8 heteroatoms. The third-order valence-electron chi connectivity index (χ3n) is 4.71. The predicted molar refractivity (Wildman–Crippen MR) is 118 cm³/mol. The van der Waals surface area contributed by atoms with E-state index in [1.165, 1.54) is 6.26 Å². The van der Waals surface area contributed by atoms with E-state index in [0.717, 1.165) is 57.8 Å². The van der Waals surface area contributed by atoms with Gasteiger partial charge in [0, 0.05) is 45.0 Å². The quantitative estimate of drug-likeness (QED) is 0.296. The number of nitrogens with one attached hydrogen (secondary N) is 2. The minimum absolute atomic E-state index is 0. The second-order valence-corrected chi connectivity index (χ2v) is 9.05. The van der Waals surface area contributed by atoms with Crippen molar-refractivity contribution in [3.63, 3.8) is 0 Å². The van der Waals surface area contributed by atoms with Gasteiger partial charge in [0.25, 0.3) is 0 Å². The second-order valence-electron chi connectivity index (χ2n) is 6.79. The SMILES string of the molecule is CCNC(=NCC(CC)CC)NC1CCN(CCS(C)(=O)=O)CC1.I. The maximum atomic E-state index is 11.3. The smallest absolute Gasteiger partial charge is 0.191 e. The van der Waals surface area contributed by atoms with E-state index in [1.54, 1.807) is 0 Å². The molecule has 0 aromatic rings. The Kier molecular flexibility index (Phi) is 13.1. The molecular weight excluding hydrogens is 451 g/mol. The molecule has 0 unspecified atom stereocenters. The Morgan fingerprint density at radius 2 is 1.80 bits per heavy atom. The molecule has 1 aliphatic rings. The Morgan fingerprint density at radius 1 is 1.20 bits per heavy atom. The minimum atomic E-state index is -2.87. The molecule has 0 aromatic carbocycles. The number of halogens is 1. The fraction of sp³-hybridized carbons (Fsp3) is 0.941. The van der Waals surface area contributed by atoms with Gasteiger partial charge in [0.2, 0.25) is 0 Å². The Hall–Kier alpha value is -0.0900. The topological polar surface area (TPSA) is 73.8 Å². The number of rotatable bonds is 9. The lowest BCUT2D eigenvalue weighted by Gasteiger charge is -2.33. The molecule has 1 saturated heterocycles. The van der Waals surface area contributed by atoms with Crippen molar-refractivity contribution in [3.8, 4) is 0 Å². The van der Waals surface area contributed by atoms with Crippen LogP contribution in [-0.4, -0.2) is 70.1 Å². The molecule has 6 nitrogen and oxygen atoms in total. The standard InChI is InChI=1S/C17H36N4O2S.HI/c1-5-15(6-2)14-19-17(18-7-3)20-16-8-10-21(11-9-16)12-13-24(4,22)23;/h15-16H,5-14H2,1-4H3,(H2,18,19,20);1H. The summed E-state index contributed by atoms with van der Waals surface area (Å²) in [6.07, 6.45) is 5.69. The third kappa shape index (κ3) is 11.3. The zero-order valence-corrected chi connectivity index (χ0v) is 19.4. The van der Waals surface area contributed by atoms with E-state index in [1.807, 2.05) is 0 Å². The first-order valence-corrected chi connectivity index (χ1v) is 11.4. The number of hydrogen-bond acceptors (Lipinski definition) is 4. The predicted octanol–water partition coefficient (Wildman–Crippen LogP) is 2.10. The summed E-state index contributed by atoms with van der Waals surface area (Å²) < 4.78 is 22.5. The molecule has 0 saturated carbocycles. The van der Waals surface area contributed by atoms with Crippen molar-refractivity contribution < 1.29 is 8.42 Å². The number of hydrogen-bond donors (Lipinski definition) is 2. The summed E-state index contributed by atoms with van der Waals surface area (Å²) in [7, 11) is -2.87. The molecule has 0 atom stereocenters. The average Bonchev–Trinajstić information content (AvgIpc) is 2.54. The van der Waals surface area contributed by atoms with Crippen molar-refractivity contribution in [1.29, 1.82) is 0 Å². The summed E-state index contributed by atoms with van der Waals surface area (Å²) in [5, 5.41) is 6.88. The van der Waals surface area contributed by atoms with Crippen LogP contribution in [0.1, 0.15) is 46.5 Å². The molecule has 0 radical (unpaired) electrons. The van der Waals surface area contributed by atoms with Crippen LogP contribution in [0.25, 0.3) is 0 Å². The van der Waals surface area contributed by atoms with E-state index < -0.39 is 9.84 Å². The molecule has 2 N–H and O–H groups in total. The molecule has 0 aromatic heterocycles. The maximum Gasteiger partial charge on any atom is 0.191 e. The van der Waals surface area contributed by atoms with Gasteiger partial charge in [0.15, 0.2) is 5.96 Å². The highest BCUT2D eigenvalue weighted by atomic mass is 127. The summed E-state index contributed by atoms with van der Waals surface area (Å²) >= 11 is 0. The van der Waals surface area contributed by atoms with E-state index in [4.69, 9.17) is 4.99 Å². The van der Waals surface area contributed by atoms with E-state index in [2.05, 4.69) is 36.3 Å².